The number of hydrogen-bond acceptors (Lipinski definition) is 4. The second-order valence-electron chi connectivity index (χ2n) is 4.63. The summed E-state index contributed by atoms with van der Waals surface area (Å²) in [7, 11) is 1.60. The number of carbonyl (C=O) groups is 3. The molecule has 2 N–H and O–H groups in total. The van der Waals surface area contributed by atoms with Gasteiger partial charge < -0.3 is 10.0 Å². The fourth-order valence-electron chi connectivity index (χ4n) is 1.63. The van der Waals surface area contributed by atoms with E-state index in [0.29, 0.717) is 13.0 Å². The summed E-state index contributed by atoms with van der Waals surface area (Å²) in [6, 6.07) is 3.25. The number of carbonyl (C=O) groups excluding carboxylic acids is 2. The van der Waals surface area contributed by atoms with Gasteiger partial charge in [-0.15, -0.1) is 0 Å². The molecule has 0 unspecified atom stereocenters. The Labute approximate surface area is 123 Å². The van der Waals surface area contributed by atoms with Crippen molar-refractivity contribution in [1.82, 2.24) is 15.2 Å². The van der Waals surface area contributed by atoms with Crippen LogP contribution in [0.3, 0.4) is 0 Å². The van der Waals surface area contributed by atoms with E-state index in [-0.39, 0.29) is 19.3 Å². The van der Waals surface area contributed by atoms with Gasteiger partial charge in [0, 0.05) is 38.8 Å². The molecule has 0 spiro atoms. The molecule has 0 aliphatic heterocycles. The number of pyridine rings is 1. The molecule has 0 aromatic carbocycles. The molecule has 0 atom stereocenters. The van der Waals surface area contributed by atoms with Crippen molar-refractivity contribution < 1.29 is 19.5 Å². The second-order valence-corrected chi connectivity index (χ2v) is 4.63. The maximum atomic E-state index is 11.7. The molecule has 0 saturated carbocycles. The first-order valence-corrected chi connectivity index (χ1v) is 6.64. The summed E-state index contributed by atoms with van der Waals surface area (Å²) >= 11 is 0. The molecule has 1 aromatic heterocycles. The lowest BCUT2D eigenvalue weighted by molar-refractivity contribution is -0.137. The summed E-state index contributed by atoms with van der Waals surface area (Å²) in [4.78, 5) is 38.8. The first-order valence-electron chi connectivity index (χ1n) is 6.64. The van der Waals surface area contributed by atoms with Crippen LogP contribution in [0.1, 0.15) is 24.8 Å². The van der Waals surface area contributed by atoms with Crippen molar-refractivity contribution in [2.24, 2.45) is 0 Å². The molecule has 3 amide bonds. The number of aromatic nitrogens is 1. The Balaban J connectivity index is 2.27. The van der Waals surface area contributed by atoms with E-state index in [0.717, 1.165) is 5.56 Å². The molecular weight excluding hydrogens is 274 g/mol. The Bertz CT molecular complexity index is 490. The van der Waals surface area contributed by atoms with E-state index >= 15 is 0 Å². The van der Waals surface area contributed by atoms with Crippen molar-refractivity contribution in [1.29, 1.82) is 0 Å². The lowest BCUT2D eigenvalue weighted by Gasteiger charge is -2.17. The molecule has 1 heterocycles. The van der Waals surface area contributed by atoms with E-state index < -0.39 is 17.9 Å². The molecule has 0 radical (unpaired) electrons. The Morgan fingerprint density at radius 3 is 2.52 bits per heavy atom. The summed E-state index contributed by atoms with van der Waals surface area (Å²) in [6.07, 6.45) is 4.19. The first kappa shape index (κ1) is 16.6. The minimum atomic E-state index is -0.955. The van der Waals surface area contributed by atoms with Gasteiger partial charge in [0.25, 0.3) is 0 Å². The number of nitrogens with one attached hydrogen (secondary N) is 1. The van der Waals surface area contributed by atoms with Crippen LogP contribution in [0.25, 0.3) is 0 Å². The highest BCUT2D eigenvalue weighted by molar-refractivity contribution is 5.94. The molecule has 0 aliphatic carbocycles. The third kappa shape index (κ3) is 7.05. The largest absolute Gasteiger partial charge is 0.481 e. The van der Waals surface area contributed by atoms with Gasteiger partial charge in [-0.2, -0.15) is 0 Å². The molecule has 7 nitrogen and oxygen atoms in total. The van der Waals surface area contributed by atoms with Gasteiger partial charge in [-0.1, -0.05) is 0 Å². The SMILES string of the molecule is CN(CCc1ccncc1)C(=O)NC(=O)CCCC(=O)O. The number of imide groups is 1. The van der Waals surface area contributed by atoms with Crippen LogP contribution in [0, 0.1) is 0 Å². The highest BCUT2D eigenvalue weighted by Gasteiger charge is 2.12. The van der Waals surface area contributed by atoms with Crippen molar-refractivity contribution >= 4 is 17.9 Å². The number of amides is 3. The third-order valence-electron chi connectivity index (χ3n) is 2.87. The van der Waals surface area contributed by atoms with Gasteiger partial charge in [0.15, 0.2) is 0 Å². The molecule has 1 aromatic rings. The van der Waals surface area contributed by atoms with E-state index in [9.17, 15) is 14.4 Å². The van der Waals surface area contributed by atoms with Crippen LogP contribution in [-0.2, 0) is 16.0 Å². The molecule has 21 heavy (non-hydrogen) atoms. The lowest BCUT2D eigenvalue weighted by atomic mass is 10.2. The number of carboxylic acid groups (broad SMARTS) is 1. The molecule has 0 aliphatic rings. The first-order chi connectivity index (χ1) is 9.99. The van der Waals surface area contributed by atoms with Gasteiger partial charge in [-0.3, -0.25) is 19.9 Å². The molecular formula is C14H19N3O4. The van der Waals surface area contributed by atoms with Gasteiger partial charge in [-0.05, 0) is 30.5 Å². The minimum Gasteiger partial charge on any atom is -0.481 e. The number of nitrogens with zero attached hydrogens (tertiary/aromatic N) is 2. The van der Waals surface area contributed by atoms with Crippen molar-refractivity contribution in [2.45, 2.75) is 25.7 Å². The Hall–Kier alpha value is -2.44. The van der Waals surface area contributed by atoms with Crippen molar-refractivity contribution in [3.8, 4) is 0 Å². The number of aliphatic carboxylic acids is 1. The van der Waals surface area contributed by atoms with Gasteiger partial charge >= 0.3 is 12.0 Å². The maximum absolute atomic E-state index is 11.7. The maximum Gasteiger partial charge on any atom is 0.323 e. The summed E-state index contributed by atoms with van der Waals surface area (Å²) < 4.78 is 0. The molecule has 0 fully saturated rings. The molecule has 7 heteroatoms. The van der Waals surface area contributed by atoms with Crippen LogP contribution in [-0.4, -0.2) is 46.5 Å². The number of rotatable bonds is 7. The number of urea groups is 1. The van der Waals surface area contributed by atoms with E-state index in [1.807, 2.05) is 12.1 Å². The second kappa shape index (κ2) is 8.68. The van der Waals surface area contributed by atoms with Gasteiger partial charge in [-0.25, -0.2) is 4.79 Å². The van der Waals surface area contributed by atoms with E-state index in [1.165, 1.54) is 4.90 Å². The quantitative estimate of drug-likeness (QED) is 0.782. The van der Waals surface area contributed by atoms with Crippen LogP contribution in [0.2, 0.25) is 0 Å². The lowest BCUT2D eigenvalue weighted by Crippen LogP contribution is -2.41. The Kier molecular flexibility index (Phi) is 6.86. The van der Waals surface area contributed by atoms with E-state index in [4.69, 9.17) is 5.11 Å². The number of carboxylic acids is 1. The van der Waals surface area contributed by atoms with Crippen molar-refractivity contribution in [2.75, 3.05) is 13.6 Å². The third-order valence-corrected chi connectivity index (χ3v) is 2.87. The highest BCUT2D eigenvalue weighted by Crippen LogP contribution is 2.00. The van der Waals surface area contributed by atoms with Crippen LogP contribution in [0.5, 0.6) is 0 Å². The molecule has 1 rings (SSSR count). The highest BCUT2D eigenvalue weighted by atomic mass is 16.4. The van der Waals surface area contributed by atoms with Crippen molar-refractivity contribution in [3.63, 3.8) is 0 Å². The minimum absolute atomic E-state index is 0.0240. The number of likely N-dealkylation sites (N-methyl/N-ethyl adjacent to an activating group) is 1. The van der Waals surface area contributed by atoms with E-state index in [2.05, 4.69) is 10.3 Å². The topological polar surface area (TPSA) is 99.6 Å². The van der Waals surface area contributed by atoms with Gasteiger partial charge in [0.05, 0.1) is 0 Å². The Morgan fingerprint density at radius 2 is 1.90 bits per heavy atom. The fourth-order valence-corrected chi connectivity index (χ4v) is 1.63. The van der Waals surface area contributed by atoms with Crippen LogP contribution < -0.4 is 5.32 Å². The standard InChI is InChI=1S/C14H19N3O4/c1-17(10-7-11-5-8-15-9-6-11)14(21)16-12(18)3-2-4-13(19)20/h5-6,8-9H,2-4,7,10H2,1H3,(H,19,20)(H,16,18,21). The zero-order valence-electron chi connectivity index (χ0n) is 11.9. The van der Waals surface area contributed by atoms with Crippen LogP contribution in [0.15, 0.2) is 24.5 Å². The number of hydrogen-bond donors (Lipinski definition) is 2. The molecule has 114 valence electrons. The fraction of sp³-hybridized carbons (Fsp3) is 0.429. The monoisotopic (exact) mass is 293 g/mol. The summed E-state index contributed by atoms with van der Waals surface area (Å²) in [5, 5.41) is 10.7. The van der Waals surface area contributed by atoms with Crippen LogP contribution >= 0.6 is 0 Å². The van der Waals surface area contributed by atoms with Gasteiger partial charge in [0.1, 0.15) is 0 Å². The smallest absolute Gasteiger partial charge is 0.323 e. The zero-order chi connectivity index (χ0) is 15.7. The predicted molar refractivity (Wildman–Crippen MR) is 75.6 cm³/mol. The van der Waals surface area contributed by atoms with Crippen molar-refractivity contribution in [3.05, 3.63) is 30.1 Å². The van der Waals surface area contributed by atoms with Gasteiger partial charge in [0.2, 0.25) is 5.91 Å². The predicted octanol–water partition coefficient (Wildman–Crippen LogP) is 1.05. The van der Waals surface area contributed by atoms with E-state index in [1.54, 1.807) is 19.4 Å². The Morgan fingerprint density at radius 1 is 1.24 bits per heavy atom. The molecule has 0 bridgehead atoms. The van der Waals surface area contributed by atoms with Crippen LogP contribution in [0.4, 0.5) is 4.79 Å². The summed E-state index contributed by atoms with van der Waals surface area (Å²) in [5.41, 5.74) is 1.05. The summed E-state index contributed by atoms with van der Waals surface area (Å²) in [6.45, 7) is 0.470. The summed E-state index contributed by atoms with van der Waals surface area (Å²) in [5.74, 6) is -1.42. The average Bonchev–Trinajstić information content (AvgIpc) is 2.45. The molecule has 0 saturated heterocycles. The normalized spacial score (nSPS) is 9.95. The average molecular weight is 293 g/mol. The zero-order valence-corrected chi connectivity index (χ0v) is 11.9.